The van der Waals surface area contributed by atoms with Crippen LogP contribution in [-0.4, -0.2) is 23.9 Å². The Morgan fingerprint density at radius 3 is 2.00 bits per heavy atom. The van der Waals surface area contributed by atoms with Gasteiger partial charge in [0.1, 0.15) is 6.17 Å². The van der Waals surface area contributed by atoms with Gasteiger partial charge in [-0.15, -0.1) is 0 Å². The first kappa shape index (κ1) is 6.32. The largest absolute Gasteiger partial charge is 0.291 e. The van der Waals surface area contributed by atoms with E-state index in [1.807, 2.05) is 0 Å². The first-order valence-electron chi connectivity index (χ1n) is 2.48. The Balaban J connectivity index is 2.77. The molecule has 0 heterocycles. The van der Waals surface area contributed by atoms with Crippen LogP contribution in [0.1, 0.15) is 6.42 Å². The van der Waals surface area contributed by atoms with Gasteiger partial charge in [0.2, 0.25) is 11.6 Å². The zero-order valence-electron chi connectivity index (χ0n) is 4.43. The van der Waals surface area contributed by atoms with Gasteiger partial charge in [0, 0.05) is 6.42 Å². The van der Waals surface area contributed by atoms with Crippen molar-refractivity contribution >= 4 is 11.6 Å². The number of hydrogen-bond acceptors (Lipinski definition) is 2. The molecule has 2 atom stereocenters. The molecule has 1 saturated carbocycles. The first-order chi connectivity index (χ1) is 4.13. The topological polar surface area (TPSA) is 34.1 Å². The maximum absolute atomic E-state index is 12.0. The summed E-state index contributed by atoms with van der Waals surface area (Å²) in [7, 11) is 0. The van der Waals surface area contributed by atoms with Crippen LogP contribution in [0, 0.1) is 0 Å². The Bertz CT molecular complexity index is 166. The number of carbonyl (C=O) groups excluding carboxylic acids is 2. The van der Waals surface area contributed by atoms with Gasteiger partial charge in [-0.25, -0.2) is 8.78 Å². The highest BCUT2D eigenvalue weighted by atomic mass is 19.2. The molecule has 0 amide bonds. The lowest BCUT2D eigenvalue weighted by atomic mass is 10.3. The van der Waals surface area contributed by atoms with Gasteiger partial charge in [-0.3, -0.25) is 9.59 Å². The third-order valence-electron chi connectivity index (χ3n) is 1.22. The lowest BCUT2D eigenvalue weighted by Gasteiger charge is -1.94. The molecule has 0 bridgehead atoms. The van der Waals surface area contributed by atoms with Crippen molar-refractivity contribution in [3.05, 3.63) is 0 Å². The molecule has 0 radical (unpaired) electrons. The third kappa shape index (κ3) is 0.843. The fourth-order valence-corrected chi connectivity index (χ4v) is 0.699. The van der Waals surface area contributed by atoms with Crippen molar-refractivity contribution in [2.45, 2.75) is 18.8 Å². The highest BCUT2D eigenvalue weighted by molar-refractivity contribution is 6.41. The van der Waals surface area contributed by atoms with Crippen molar-refractivity contribution in [3.8, 4) is 0 Å². The molecule has 0 saturated heterocycles. The SMILES string of the molecule is O=C1CC(F)C(F)C1=O. The summed E-state index contributed by atoms with van der Waals surface area (Å²) >= 11 is 0. The van der Waals surface area contributed by atoms with Gasteiger partial charge in [-0.1, -0.05) is 0 Å². The highest BCUT2D eigenvalue weighted by Crippen LogP contribution is 2.18. The predicted octanol–water partition coefficient (Wildman–Crippen LogP) is 0.205. The molecule has 0 spiro atoms. The highest BCUT2D eigenvalue weighted by Gasteiger charge is 2.41. The second-order valence-corrected chi connectivity index (χ2v) is 1.91. The van der Waals surface area contributed by atoms with E-state index in [1.54, 1.807) is 0 Å². The Labute approximate surface area is 49.8 Å². The van der Waals surface area contributed by atoms with E-state index >= 15 is 0 Å². The minimum Gasteiger partial charge on any atom is -0.291 e. The van der Waals surface area contributed by atoms with Crippen LogP contribution in [0.3, 0.4) is 0 Å². The molecule has 9 heavy (non-hydrogen) atoms. The average molecular weight is 134 g/mol. The van der Waals surface area contributed by atoms with Crippen molar-refractivity contribution < 1.29 is 18.4 Å². The Morgan fingerprint density at radius 1 is 1.33 bits per heavy atom. The van der Waals surface area contributed by atoms with Crippen molar-refractivity contribution in [1.82, 2.24) is 0 Å². The van der Waals surface area contributed by atoms with Crippen LogP contribution < -0.4 is 0 Å². The molecule has 0 aliphatic heterocycles. The van der Waals surface area contributed by atoms with Crippen molar-refractivity contribution in [1.29, 1.82) is 0 Å². The Hall–Kier alpha value is -0.800. The van der Waals surface area contributed by atoms with Crippen LogP contribution in [0.4, 0.5) is 8.78 Å². The van der Waals surface area contributed by atoms with E-state index in [9.17, 15) is 18.4 Å². The van der Waals surface area contributed by atoms with Gasteiger partial charge in [-0.2, -0.15) is 0 Å². The smallest absolute Gasteiger partial charge is 0.235 e. The lowest BCUT2D eigenvalue weighted by molar-refractivity contribution is -0.136. The zero-order valence-corrected chi connectivity index (χ0v) is 4.43. The number of hydrogen-bond donors (Lipinski definition) is 0. The molecule has 50 valence electrons. The van der Waals surface area contributed by atoms with E-state index in [2.05, 4.69) is 0 Å². The number of ketones is 2. The monoisotopic (exact) mass is 134 g/mol. The fourth-order valence-electron chi connectivity index (χ4n) is 0.699. The third-order valence-corrected chi connectivity index (χ3v) is 1.22. The average Bonchev–Trinajstić information content (AvgIpc) is 1.98. The molecule has 1 rings (SSSR count). The summed E-state index contributed by atoms with van der Waals surface area (Å²) in [5.41, 5.74) is 0. The van der Waals surface area contributed by atoms with E-state index in [0.29, 0.717) is 0 Å². The van der Waals surface area contributed by atoms with Gasteiger partial charge < -0.3 is 0 Å². The zero-order chi connectivity index (χ0) is 7.02. The molecule has 2 nitrogen and oxygen atoms in total. The van der Waals surface area contributed by atoms with Crippen LogP contribution in [0.5, 0.6) is 0 Å². The molecule has 1 aliphatic rings. The van der Waals surface area contributed by atoms with Crippen LogP contribution in [0.2, 0.25) is 0 Å². The van der Waals surface area contributed by atoms with Gasteiger partial charge in [-0.05, 0) is 0 Å². The van der Waals surface area contributed by atoms with E-state index in [-0.39, 0.29) is 0 Å². The van der Waals surface area contributed by atoms with Crippen molar-refractivity contribution in [2.75, 3.05) is 0 Å². The fraction of sp³-hybridized carbons (Fsp3) is 0.600. The molecule has 0 aromatic heterocycles. The molecular weight excluding hydrogens is 130 g/mol. The van der Waals surface area contributed by atoms with E-state index in [0.717, 1.165) is 0 Å². The lowest BCUT2D eigenvalue weighted by Crippen LogP contribution is -2.18. The second kappa shape index (κ2) is 1.86. The summed E-state index contributed by atoms with van der Waals surface area (Å²) in [6.45, 7) is 0. The number of Topliss-reactive ketones (excluding diaryl/α,β-unsaturated/α-hetero) is 2. The summed E-state index contributed by atoms with van der Waals surface area (Å²) in [6.07, 6.45) is -4.68. The summed E-state index contributed by atoms with van der Waals surface area (Å²) in [4.78, 5) is 20.3. The van der Waals surface area contributed by atoms with Crippen LogP contribution >= 0.6 is 0 Å². The van der Waals surface area contributed by atoms with E-state index < -0.39 is 30.3 Å². The predicted molar refractivity (Wildman–Crippen MR) is 24.4 cm³/mol. The standard InChI is InChI=1S/C5H4F2O2/c6-2-1-3(8)5(9)4(2)7/h2,4H,1H2. The second-order valence-electron chi connectivity index (χ2n) is 1.91. The van der Waals surface area contributed by atoms with Crippen molar-refractivity contribution in [2.24, 2.45) is 0 Å². The molecule has 1 aliphatic carbocycles. The molecule has 0 aromatic rings. The van der Waals surface area contributed by atoms with Crippen molar-refractivity contribution in [3.63, 3.8) is 0 Å². The first-order valence-corrected chi connectivity index (χ1v) is 2.48. The van der Waals surface area contributed by atoms with Gasteiger partial charge in [0.15, 0.2) is 6.17 Å². The Morgan fingerprint density at radius 2 is 1.89 bits per heavy atom. The molecule has 0 aromatic carbocycles. The quantitative estimate of drug-likeness (QED) is 0.443. The van der Waals surface area contributed by atoms with Crippen LogP contribution in [0.25, 0.3) is 0 Å². The minimum atomic E-state index is -2.20. The Kier molecular flexibility index (Phi) is 1.31. The van der Waals surface area contributed by atoms with Gasteiger partial charge >= 0.3 is 0 Å². The summed E-state index contributed by atoms with van der Waals surface area (Å²) in [6, 6.07) is 0. The summed E-state index contributed by atoms with van der Waals surface area (Å²) in [5.74, 6) is -2.16. The van der Waals surface area contributed by atoms with Crippen LogP contribution in [0.15, 0.2) is 0 Å². The maximum Gasteiger partial charge on any atom is 0.235 e. The molecular formula is C5H4F2O2. The van der Waals surface area contributed by atoms with E-state index in [4.69, 9.17) is 0 Å². The number of carbonyl (C=O) groups is 2. The molecule has 0 N–H and O–H groups in total. The molecule has 4 heteroatoms. The number of halogens is 2. The maximum atomic E-state index is 12.0. The van der Waals surface area contributed by atoms with E-state index in [1.165, 1.54) is 0 Å². The summed E-state index contributed by atoms with van der Waals surface area (Å²) in [5, 5.41) is 0. The van der Waals surface area contributed by atoms with Gasteiger partial charge in [0.25, 0.3) is 0 Å². The molecule has 1 fully saturated rings. The minimum absolute atomic E-state index is 0.583. The number of alkyl halides is 2. The van der Waals surface area contributed by atoms with Crippen LogP contribution in [-0.2, 0) is 9.59 Å². The summed E-state index contributed by atoms with van der Waals surface area (Å²) < 4.78 is 24.0. The normalized spacial score (nSPS) is 35.8. The number of rotatable bonds is 0. The van der Waals surface area contributed by atoms with Gasteiger partial charge in [0.05, 0.1) is 0 Å². The molecule has 2 unspecified atom stereocenters.